The minimum absolute atomic E-state index is 0.0464. The van der Waals surface area contributed by atoms with Crippen LogP contribution in [0.15, 0.2) is 24.4 Å². The summed E-state index contributed by atoms with van der Waals surface area (Å²) in [7, 11) is 0. The van der Waals surface area contributed by atoms with Gasteiger partial charge in [0.05, 0.1) is 6.61 Å². The Morgan fingerprint density at radius 1 is 1.43 bits per heavy atom. The number of amides is 1. The molecule has 0 unspecified atom stereocenters. The number of aromatic nitrogens is 1. The predicted molar refractivity (Wildman–Crippen MR) is 86.4 cm³/mol. The van der Waals surface area contributed by atoms with Crippen molar-refractivity contribution in [1.82, 2.24) is 4.98 Å². The van der Waals surface area contributed by atoms with E-state index < -0.39 is 0 Å². The summed E-state index contributed by atoms with van der Waals surface area (Å²) in [5.41, 5.74) is 1.02. The number of benzene rings is 1. The van der Waals surface area contributed by atoms with E-state index in [2.05, 4.69) is 10.3 Å². The molecule has 6 heteroatoms. The Hall–Kier alpha value is -1.59. The van der Waals surface area contributed by atoms with Crippen LogP contribution in [0.1, 0.15) is 23.3 Å². The van der Waals surface area contributed by atoms with E-state index in [0.717, 1.165) is 16.2 Å². The average Bonchev–Trinajstić information content (AvgIpc) is 2.84. The van der Waals surface area contributed by atoms with E-state index in [1.807, 2.05) is 26.0 Å². The Kier molecular flexibility index (Phi) is 5.59. The number of hydrogen-bond donors (Lipinski definition) is 1. The van der Waals surface area contributed by atoms with Crippen LogP contribution in [0.5, 0.6) is 5.75 Å². The van der Waals surface area contributed by atoms with E-state index in [1.165, 1.54) is 11.3 Å². The van der Waals surface area contributed by atoms with Crippen molar-refractivity contribution in [2.75, 3.05) is 11.9 Å². The predicted octanol–water partition coefficient (Wildman–Crippen LogP) is 4.21. The second-order valence-electron chi connectivity index (χ2n) is 4.69. The zero-order valence-corrected chi connectivity index (χ0v) is 13.6. The molecule has 0 atom stereocenters. The molecule has 1 aromatic carbocycles. The van der Waals surface area contributed by atoms with Crippen LogP contribution in [0.25, 0.3) is 0 Å². The lowest BCUT2D eigenvalue weighted by Gasteiger charge is -2.07. The number of hydrogen-bond acceptors (Lipinski definition) is 4. The topological polar surface area (TPSA) is 51.2 Å². The summed E-state index contributed by atoms with van der Waals surface area (Å²) in [5.74, 6) is 0.677. The van der Waals surface area contributed by atoms with Crippen molar-refractivity contribution in [3.05, 3.63) is 39.9 Å². The first-order valence-corrected chi connectivity index (χ1v) is 7.85. The maximum atomic E-state index is 11.7. The van der Waals surface area contributed by atoms with Crippen LogP contribution in [0.2, 0.25) is 5.02 Å². The van der Waals surface area contributed by atoms with E-state index >= 15 is 0 Å². The summed E-state index contributed by atoms with van der Waals surface area (Å²) in [6.07, 6.45) is 2.78. The van der Waals surface area contributed by atoms with E-state index in [-0.39, 0.29) is 5.91 Å². The molecule has 0 fully saturated rings. The maximum Gasteiger partial charge on any atom is 0.226 e. The van der Waals surface area contributed by atoms with Gasteiger partial charge < -0.3 is 10.1 Å². The highest BCUT2D eigenvalue weighted by atomic mass is 35.5. The van der Waals surface area contributed by atoms with E-state index in [4.69, 9.17) is 16.3 Å². The van der Waals surface area contributed by atoms with Gasteiger partial charge in [-0.1, -0.05) is 17.7 Å². The smallest absolute Gasteiger partial charge is 0.226 e. The third kappa shape index (κ3) is 5.02. The zero-order chi connectivity index (χ0) is 15.2. The number of nitrogens with one attached hydrogen (secondary N) is 1. The molecule has 1 amide bonds. The summed E-state index contributed by atoms with van der Waals surface area (Å²) in [4.78, 5) is 16.9. The molecule has 2 rings (SSSR count). The van der Waals surface area contributed by atoms with Crippen LogP contribution in [-0.4, -0.2) is 17.5 Å². The minimum Gasteiger partial charge on any atom is -0.494 e. The zero-order valence-electron chi connectivity index (χ0n) is 12.0. The summed E-state index contributed by atoms with van der Waals surface area (Å²) in [5, 5.41) is 4.10. The first-order chi connectivity index (χ1) is 10.0. The molecule has 4 nitrogen and oxygen atoms in total. The number of ether oxygens (including phenoxy) is 1. The van der Waals surface area contributed by atoms with Crippen LogP contribution in [-0.2, 0) is 4.79 Å². The molecular formula is C15H17ClN2O2S. The van der Waals surface area contributed by atoms with Crippen molar-refractivity contribution >= 4 is 34.0 Å². The molecule has 0 spiro atoms. The summed E-state index contributed by atoms with van der Waals surface area (Å²) < 4.78 is 5.57. The molecular weight excluding hydrogens is 308 g/mol. The van der Waals surface area contributed by atoms with E-state index in [1.54, 1.807) is 12.3 Å². The number of aryl methyl sites for hydroxylation is 2. The summed E-state index contributed by atoms with van der Waals surface area (Å²) in [6.45, 7) is 4.37. The third-order valence-corrected chi connectivity index (χ3v) is 4.06. The van der Waals surface area contributed by atoms with Crippen molar-refractivity contribution in [1.29, 1.82) is 0 Å². The fourth-order valence-corrected chi connectivity index (χ4v) is 2.53. The van der Waals surface area contributed by atoms with Gasteiger partial charge in [-0.15, -0.1) is 11.3 Å². The fraction of sp³-hybridized carbons (Fsp3) is 0.333. The Bertz CT molecular complexity index is 628. The highest BCUT2D eigenvalue weighted by Crippen LogP contribution is 2.22. The number of anilines is 1. The van der Waals surface area contributed by atoms with Crippen molar-refractivity contribution in [3.8, 4) is 5.75 Å². The van der Waals surface area contributed by atoms with Crippen molar-refractivity contribution in [2.24, 2.45) is 0 Å². The van der Waals surface area contributed by atoms with E-state index in [9.17, 15) is 4.79 Å². The van der Waals surface area contributed by atoms with Crippen LogP contribution >= 0.6 is 22.9 Å². The Morgan fingerprint density at radius 2 is 2.24 bits per heavy atom. The van der Waals surface area contributed by atoms with Gasteiger partial charge in [-0.2, -0.15) is 0 Å². The first-order valence-electron chi connectivity index (χ1n) is 6.66. The molecule has 21 heavy (non-hydrogen) atoms. The Balaban J connectivity index is 1.69. The SMILES string of the molecule is Cc1cnc(NC(=O)CCCOc2ccc(C)c(Cl)c2)s1. The van der Waals surface area contributed by atoms with Gasteiger partial charge in [0.1, 0.15) is 5.75 Å². The standard InChI is InChI=1S/C15H17ClN2O2S/c1-10-5-6-12(8-13(10)16)20-7-3-4-14(19)18-15-17-9-11(2)21-15/h5-6,8-9H,3-4,7H2,1-2H3,(H,17,18,19). The molecule has 112 valence electrons. The molecule has 0 radical (unpaired) electrons. The number of thiazole rings is 1. The summed E-state index contributed by atoms with van der Waals surface area (Å²) >= 11 is 7.49. The Labute approximate surface area is 133 Å². The lowest BCUT2D eigenvalue weighted by Crippen LogP contribution is -2.12. The maximum absolute atomic E-state index is 11.7. The highest BCUT2D eigenvalue weighted by molar-refractivity contribution is 7.15. The third-order valence-electron chi connectivity index (χ3n) is 2.83. The number of nitrogens with zero attached hydrogens (tertiary/aromatic N) is 1. The molecule has 1 heterocycles. The lowest BCUT2D eigenvalue weighted by atomic mass is 10.2. The number of carbonyl (C=O) groups excluding carboxylic acids is 1. The monoisotopic (exact) mass is 324 g/mol. The molecule has 0 saturated heterocycles. The fourth-order valence-electron chi connectivity index (χ4n) is 1.68. The second kappa shape index (κ2) is 7.43. The van der Waals surface area contributed by atoms with Crippen molar-refractivity contribution in [2.45, 2.75) is 26.7 Å². The molecule has 0 bridgehead atoms. The van der Waals surface area contributed by atoms with Gasteiger partial charge in [0.2, 0.25) is 5.91 Å². The molecule has 0 aliphatic rings. The van der Waals surface area contributed by atoms with Crippen molar-refractivity contribution in [3.63, 3.8) is 0 Å². The lowest BCUT2D eigenvalue weighted by molar-refractivity contribution is -0.116. The van der Waals surface area contributed by atoms with Gasteiger partial charge in [0.25, 0.3) is 0 Å². The van der Waals surface area contributed by atoms with Crippen LogP contribution in [0.4, 0.5) is 5.13 Å². The van der Waals surface area contributed by atoms with Gasteiger partial charge in [-0.05, 0) is 38.0 Å². The molecule has 0 saturated carbocycles. The van der Waals surface area contributed by atoms with Gasteiger partial charge in [0, 0.05) is 22.5 Å². The van der Waals surface area contributed by atoms with Gasteiger partial charge in [-0.25, -0.2) is 4.98 Å². The molecule has 1 N–H and O–H groups in total. The number of halogens is 1. The number of carbonyl (C=O) groups is 1. The average molecular weight is 325 g/mol. The Morgan fingerprint density at radius 3 is 2.90 bits per heavy atom. The van der Waals surface area contributed by atoms with Gasteiger partial charge in [0.15, 0.2) is 5.13 Å². The number of rotatable bonds is 6. The first kappa shape index (κ1) is 15.8. The molecule has 0 aliphatic heterocycles. The van der Waals surface area contributed by atoms with Gasteiger partial charge in [-0.3, -0.25) is 4.79 Å². The van der Waals surface area contributed by atoms with E-state index in [0.29, 0.717) is 29.6 Å². The molecule has 2 aromatic rings. The quantitative estimate of drug-likeness (QED) is 0.810. The van der Waals surface area contributed by atoms with Crippen LogP contribution in [0.3, 0.4) is 0 Å². The van der Waals surface area contributed by atoms with Gasteiger partial charge >= 0.3 is 0 Å². The normalized spacial score (nSPS) is 10.4. The minimum atomic E-state index is -0.0464. The second-order valence-corrected chi connectivity index (χ2v) is 6.33. The highest BCUT2D eigenvalue weighted by Gasteiger charge is 2.05. The van der Waals surface area contributed by atoms with Crippen LogP contribution < -0.4 is 10.1 Å². The molecule has 1 aromatic heterocycles. The largest absolute Gasteiger partial charge is 0.494 e. The summed E-state index contributed by atoms with van der Waals surface area (Å²) in [6, 6.07) is 5.57. The van der Waals surface area contributed by atoms with Crippen LogP contribution in [0, 0.1) is 13.8 Å². The van der Waals surface area contributed by atoms with Crippen molar-refractivity contribution < 1.29 is 9.53 Å². The molecule has 0 aliphatic carbocycles.